The molecule has 0 saturated carbocycles. The highest BCUT2D eigenvalue weighted by molar-refractivity contribution is 14.0. The van der Waals surface area contributed by atoms with E-state index in [9.17, 15) is 0 Å². The number of guanidine groups is 1. The molecule has 4 nitrogen and oxygen atoms in total. The largest absolute Gasteiger partial charge is 0.370 e. The fourth-order valence-corrected chi connectivity index (χ4v) is 3.16. The number of rotatable bonds is 6. The quantitative estimate of drug-likeness (QED) is 0.237. The summed E-state index contributed by atoms with van der Waals surface area (Å²) in [6.45, 7) is 2.78. The van der Waals surface area contributed by atoms with Crippen LogP contribution in [0.4, 0.5) is 5.69 Å². The molecule has 1 aromatic carbocycles. The number of anilines is 1. The number of nitrogens with zero attached hydrogens (tertiary/aromatic N) is 2. The first kappa shape index (κ1) is 18.2. The summed E-state index contributed by atoms with van der Waals surface area (Å²) in [4.78, 5) is 8.53. The van der Waals surface area contributed by atoms with Crippen LogP contribution in [0.5, 0.6) is 0 Å². The average Bonchev–Trinajstić information content (AvgIpc) is 2.94. The Bertz CT molecular complexity index is 541. The summed E-state index contributed by atoms with van der Waals surface area (Å²) in [5, 5.41) is 5.07. The summed E-state index contributed by atoms with van der Waals surface area (Å²) in [5.41, 5.74) is 8.04. The van der Waals surface area contributed by atoms with Crippen LogP contribution in [0.1, 0.15) is 12.0 Å². The maximum Gasteiger partial charge on any atom is 0.193 e. The first-order valence-corrected chi connectivity index (χ1v) is 8.26. The number of aryl methyl sites for hydroxylation is 1. The zero-order valence-corrected chi connectivity index (χ0v) is 15.7. The van der Waals surface area contributed by atoms with Gasteiger partial charge in [-0.2, -0.15) is 0 Å². The molecule has 0 spiro atoms. The van der Waals surface area contributed by atoms with Crippen LogP contribution in [0.2, 0.25) is 0 Å². The fraction of sp³-hybridized carbons (Fsp3) is 0.286. The third-order valence-electron chi connectivity index (χ3n) is 2.54. The second kappa shape index (κ2) is 10.0. The van der Waals surface area contributed by atoms with Crippen LogP contribution < -0.4 is 11.1 Å². The van der Waals surface area contributed by atoms with Gasteiger partial charge in [0.1, 0.15) is 4.34 Å². The van der Waals surface area contributed by atoms with Gasteiger partial charge in [0.25, 0.3) is 0 Å². The molecular weight excluding hydrogens is 415 g/mol. The molecular formula is C14H19IN4S2. The number of thioether (sulfide) groups is 1. The van der Waals surface area contributed by atoms with Crippen LogP contribution in [-0.2, 0) is 0 Å². The van der Waals surface area contributed by atoms with Crippen molar-refractivity contribution in [3.05, 3.63) is 41.4 Å². The third-order valence-corrected chi connectivity index (χ3v) is 4.60. The van der Waals surface area contributed by atoms with Crippen molar-refractivity contribution in [2.75, 3.05) is 17.6 Å². The smallest absolute Gasteiger partial charge is 0.193 e. The standard InChI is InChI=1S/C14H18N4S2.HI/c1-11-3-5-12(6-4-11)18-13(15)16-7-2-9-19-14-17-8-10-20-14;/h3-6,8,10H,2,7,9H2,1H3,(H3,15,16,18);1H. The Kier molecular flexibility index (Phi) is 8.70. The van der Waals surface area contributed by atoms with Crippen molar-refractivity contribution in [2.45, 2.75) is 17.7 Å². The van der Waals surface area contributed by atoms with Crippen molar-refractivity contribution in [1.82, 2.24) is 4.98 Å². The summed E-state index contributed by atoms with van der Waals surface area (Å²) >= 11 is 3.43. The van der Waals surface area contributed by atoms with Crippen LogP contribution in [0, 0.1) is 6.92 Å². The Balaban J connectivity index is 0.00000220. The van der Waals surface area contributed by atoms with Crippen LogP contribution in [0.25, 0.3) is 0 Å². The van der Waals surface area contributed by atoms with E-state index in [0.717, 1.165) is 28.7 Å². The molecule has 7 heteroatoms. The molecule has 0 saturated heterocycles. The van der Waals surface area contributed by atoms with Crippen molar-refractivity contribution in [2.24, 2.45) is 10.7 Å². The highest BCUT2D eigenvalue weighted by Gasteiger charge is 1.97. The second-order valence-corrected chi connectivity index (χ2v) is 6.49. The van der Waals surface area contributed by atoms with E-state index in [4.69, 9.17) is 5.73 Å². The van der Waals surface area contributed by atoms with E-state index >= 15 is 0 Å². The minimum atomic E-state index is 0. The zero-order valence-electron chi connectivity index (χ0n) is 11.8. The highest BCUT2D eigenvalue weighted by Crippen LogP contribution is 2.20. The van der Waals surface area contributed by atoms with E-state index in [1.165, 1.54) is 5.56 Å². The van der Waals surface area contributed by atoms with Gasteiger partial charge in [-0.25, -0.2) is 4.98 Å². The van der Waals surface area contributed by atoms with Gasteiger partial charge >= 0.3 is 0 Å². The lowest BCUT2D eigenvalue weighted by atomic mass is 10.2. The third kappa shape index (κ3) is 7.14. The minimum Gasteiger partial charge on any atom is -0.370 e. The molecule has 0 radical (unpaired) electrons. The van der Waals surface area contributed by atoms with Crippen molar-refractivity contribution >= 4 is 58.7 Å². The predicted molar refractivity (Wildman–Crippen MR) is 104 cm³/mol. The fourth-order valence-electron chi connectivity index (χ4n) is 1.53. The van der Waals surface area contributed by atoms with E-state index < -0.39 is 0 Å². The Morgan fingerprint density at radius 2 is 2.14 bits per heavy atom. The number of hydrogen-bond donors (Lipinski definition) is 2. The number of thiazole rings is 1. The minimum absolute atomic E-state index is 0. The number of halogens is 1. The van der Waals surface area contributed by atoms with Crippen molar-refractivity contribution in [3.8, 4) is 0 Å². The molecule has 2 rings (SSSR count). The first-order valence-electron chi connectivity index (χ1n) is 6.40. The maximum atomic E-state index is 5.84. The van der Waals surface area contributed by atoms with Crippen LogP contribution in [0.15, 0.2) is 45.2 Å². The molecule has 0 unspecified atom stereocenters. The Morgan fingerprint density at radius 3 is 2.81 bits per heavy atom. The summed E-state index contributed by atoms with van der Waals surface area (Å²) < 4.78 is 1.11. The Morgan fingerprint density at radius 1 is 1.38 bits per heavy atom. The van der Waals surface area contributed by atoms with Crippen molar-refractivity contribution < 1.29 is 0 Å². The lowest BCUT2D eigenvalue weighted by molar-refractivity contribution is 0.939. The molecule has 1 heterocycles. The maximum absolute atomic E-state index is 5.84. The molecule has 0 aliphatic carbocycles. The van der Waals surface area contributed by atoms with E-state index in [1.54, 1.807) is 23.1 Å². The Hall–Kier alpha value is -0.800. The monoisotopic (exact) mass is 434 g/mol. The van der Waals surface area contributed by atoms with Gasteiger partial charge < -0.3 is 11.1 Å². The van der Waals surface area contributed by atoms with Gasteiger partial charge in [0, 0.05) is 29.6 Å². The molecule has 0 aliphatic heterocycles. The van der Waals surface area contributed by atoms with Crippen LogP contribution >= 0.6 is 47.1 Å². The molecule has 114 valence electrons. The van der Waals surface area contributed by atoms with E-state index in [1.807, 2.05) is 35.8 Å². The second-order valence-electron chi connectivity index (χ2n) is 4.26. The lowest BCUT2D eigenvalue weighted by Gasteiger charge is -2.05. The van der Waals surface area contributed by atoms with Gasteiger partial charge in [0.2, 0.25) is 0 Å². The van der Waals surface area contributed by atoms with E-state index in [0.29, 0.717) is 5.96 Å². The molecule has 1 aromatic heterocycles. The molecule has 2 aromatic rings. The van der Waals surface area contributed by atoms with Crippen molar-refractivity contribution in [3.63, 3.8) is 0 Å². The van der Waals surface area contributed by atoms with E-state index in [2.05, 4.69) is 22.2 Å². The normalized spacial score (nSPS) is 11.0. The van der Waals surface area contributed by atoms with Crippen molar-refractivity contribution in [1.29, 1.82) is 0 Å². The highest BCUT2D eigenvalue weighted by atomic mass is 127. The summed E-state index contributed by atoms with van der Waals surface area (Å²) in [7, 11) is 0. The van der Waals surface area contributed by atoms with Gasteiger partial charge in [-0.05, 0) is 25.5 Å². The first-order chi connectivity index (χ1) is 9.74. The van der Waals surface area contributed by atoms with E-state index in [-0.39, 0.29) is 24.0 Å². The average molecular weight is 434 g/mol. The molecule has 0 atom stereocenters. The summed E-state index contributed by atoms with van der Waals surface area (Å²) in [5.74, 6) is 1.47. The lowest BCUT2D eigenvalue weighted by Crippen LogP contribution is -2.22. The number of aliphatic imine (C=N–C) groups is 1. The van der Waals surface area contributed by atoms with Gasteiger partial charge in [-0.15, -0.1) is 35.3 Å². The Labute approximate surface area is 150 Å². The number of nitrogens with two attached hydrogens (primary N) is 1. The number of aromatic nitrogens is 1. The zero-order chi connectivity index (χ0) is 14.2. The van der Waals surface area contributed by atoms with Gasteiger partial charge in [0.05, 0.1) is 0 Å². The molecule has 0 aliphatic rings. The number of benzene rings is 1. The molecule has 0 bridgehead atoms. The molecule has 21 heavy (non-hydrogen) atoms. The predicted octanol–water partition coefficient (Wildman–Crippen LogP) is 3.98. The summed E-state index contributed by atoms with van der Waals surface area (Å²) in [6, 6.07) is 8.08. The molecule has 0 amide bonds. The van der Waals surface area contributed by atoms with Crippen LogP contribution in [-0.4, -0.2) is 23.2 Å². The van der Waals surface area contributed by atoms with Crippen LogP contribution in [0.3, 0.4) is 0 Å². The van der Waals surface area contributed by atoms with Gasteiger partial charge in [-0.1, -0.05) is 29.5 Å². The SMILES string of the molecule is Cc1ccc(NC(N)=NCCCSc2nccs2)cc1.I. The molecule has 0 fully saturated rings. The topological polar surface area (TPSA) is 63.3 Å². The summed E-state index contributed by atoms with van der Waals surface area (Å²) in [6.07, 6.45) is 2.81. The molecule has 3 N–H and O–H groups in total. The van der Waals surface area contributed by atoms with Gasteiger partial charge in [0.15, 0.2) is 5.96 Å². The number of nitrogens with one attached hydrogen (secondary N) is 1. The number of hydrogen-bond acceptors (Lipinski definition) is 4. The van der Waals surface area contributed by atoms with Gasteiger partial charge in [-0.3, -0.25) is 4.99 Å².